The Balaban J connectivity index is 2.08. The van der Waals surface area contributed by atoms with Crippen molar-refractivity contribution in [1.82, 2.24) is 9.62 Å². The summed E-state index contributed by atoms with van der Waals surface area (Å²) < 4.78 is 26.5. The smallest absolute Gasteiger partial charge is 0.243 e. The van der Waals surface area contributed by atoms with E-state index >= 15 is 0 Å². The van der Waals surface area contributed by atoms with Crippen molar-refractivity contribution in [1.29, 1.82) is 0 Å². The molecule has 0 bridgehead atoms. The van der Waals surface area contributed by atoms with Crippen LogP contribution in [0.25, 0.3) is 0 Å². The number of hydrogen-bond acceptors (Lipinski definition) is 5. The van der Waals surface area contributed by atoms with Gasteiger partial charge in [-0.1, -0.05) is 20.8 Å². The van der Waals surface area contributed by atoms with Gasteiger partial charge in [0.1, 0.15) is 0 Å². The molecule has 2 rings (SSSR count). The highest BCUT2D eigenvalue weighted by Gasteiger charge is 2.36. The van der Waals surface area contributed by atoms with Crippen molar-refractivity contribution in [2.24, 2.45) is 5.92 Å². The molecule has 0 saturated carbocycles. The molecule has 2 amide bonds. The van der Waals surface area contributed by atoms with Crippen LogP contribution in [0.5, 0.6) is 0 Å². The van der Waals surface area contributed by atoms with Crippen molar-refractivity contribution in [2.75, 3.05) is 31.1 Å². The first-order valence-electron chi connectivity index (χ1n) is 9.96. The van der Waals surface area contributed by atoms with Crippen LogP contribution < -0.4 is 10.2 Å². The lowest BCUT2D eigenvalue weighted by atomic mass is 10.0. The molecule has 0 unspecified atom stereocenters. The minimum absolute atomic E-state index is 0.0829. The van der Waals surface area contributed by atoms with E-state index < -0.39 is 21.5 Å². The van der Waals surface area contributed by atoms with Crippen LogP contribution >= 0.6 is 0 Å². The summed E-state index contributed by atoms with van der Waals surface area (Å²) >= 11 is 0. The van der Waals surface area contributed by atoms with Crippen molar-refractivity contribution >= 4 is 27.5 Å². The van der Waals surface area contributed by atoms with Crippen molar-refractivity contribution in [3.8, 4) is 0 Å². The van der Waals surface area contributed by atoms with Crippen LogP contribution in [0.3, 0.4) is 0 Å². The maximum Gasteiger partial charge on any atom is 0.243 e. The van der Waals surface area contributed by atoms with E-state index in [4.69, 9.17) is 0 Å². The van der Waals surface area contributed by atoms with Gasteiger partial charge in [0.25, 0.3) is 0 Å². The zero-order chi connectivity index (χ0) is 21.8. The average Bonchev–Trinajstić information content (AvgIpc) is 3.09. The van der Waals surface area contributed by atoms with Gasteiger partial charge in [0.05, 0.1) is 16.4 Å². The van der Waals surface area contributed by atoms with Crippen LogP contribution in [0.4, 0.5) is 5.69 Å². The zero-order valence-corrected chi connectivity index (χ0v) is 18.3. The van der Waals surface area contributed by atoms with Gasteiger partial charge >= 0.3 is 0 Å². The number of nitrogens with zero attached hydrogens (tertiary/aromatic N) is 2. The third-order valence-corrected chi connectivity index (χ3v) is 7.46. The molecule has 1 fully saturated rings. The fourth-order valence-corrected chi connectivity index (χ4v) is 4.65. The third-order valence-electron chi connectivity index (χ3n) is 5.39. The van der Waals surface area contributed by atoms with E-state index in [2.05, 4.69) is 5.32 Å². The highest BCUT2D eigenvalue weighted by Crippen LogP contribution is 2.27. The number of sulfonamides is 1. The molecule has 2 N–H and O–H groups in total. The Morgan fingerprint density at radius 3 is 2.34 bits per heavy atom. The Morgan fingerprint density at radius 2 is 1.83 bits per heavy atom. The first kappa shape index (κ1) is 23.3. The molecule has 2 atom stereocenters. The predicted molar refractivity (Wildman–Crippen MR) is 111 cm³/mol. The summed E-state index contributed by atoms with van der Waals surface area (Å²) in [6.07, 6.45) is 0.589. The van der Waals surface area contributed by atoms with E-state index in [9.17, 15) is 23.1 Å². The van der Waals surface area contributed by atoms with Gasteiger partial charge in [-0.05, 0) is 37.6 Å². The number of amides is 2. The Labute approximate surface area is 172 Å². The second kappa shape index (κ2) is 9.23. The van der Waals surface area contributed by atoms with Gasteiger partial charge < -0.3 is 15.3 Å². The number of carbonyl (C=O) groups is 2. The second-order valence-electron chi connectivity index (χ2n) is 7.56. The molecule has 9 heteroatoms. The fraction of sp³-hybridized carbons (Fsp3) is 0.600. The molecule has 1 saturated heterocycles. The number of hydrogen-bond donors (Lipinski definition) is 2. The molecule has 162 valence electrons. The third kappa shape index (κ3) is 5.34. The lowest BCUT2D eigenvalue weighted by Gasteiger charge is -2.23. The summed E-state index contributed by atoms with van der Waals surface area (Å²) in [7, 11) is -3.56. The molecule has 1 aromatic carbocycles. The quantitative estimate of drug-likeness (QED) is 0.621. The van der Waals surface area contributed by atoms with Gasteiger partial charge in [-0.25, -0.2) is 8.42 Å². The van der Waals surface area contributed by atoms with Crippen LogP contribution in [-0.4, -0.2) is 61.4 Å². The van der Waals surface area contributed by atoms with Crippen molar-refractivity contribution in [3.63, 3.8) is 0 Å². The molecule has 1 aliphatic heterocycles. The molecule has 0 radical (unpaired) electrons. The summed E-state index contributed by atoms with van der Waals surface area (Å²) in [6.45, 7) is 8.16. The summed E-state index contributed by atoms with van der Waals surface area (Å²) in [5.74, 6) is -0.962. The van der Waals surface area contributed by atoms with Crippen molar-refractivity contribution in [3.05, 3.63) is 24.3 Å². The Hall–Kier alpha value is -1.97. The van der Waals surface area contributed by atoms with Crippen LogP contribution in [-0.2, 0) is 19.6 Å². The summed E-state index contributed by atoms with van der Waals surface area (Å²) in [5, 5.41) is 12.7. The summed E-state index contributed by atoms with van der Waals surface area (Å²) in [5.41, 5.74) is -0.422. The number of anilines is 1. The van der Waals surface area contributed by atoms with Crippen LogP contribution in [0.15, 0.2) is 29.2 Å². The van der Waals surface area contributed by atoms with Gasteiger partial charge in [0.2, 0.25) is 21.8 Å². The number of nitrogens with one attached hydrogen (secondary N) is 1. The Morgan fingerprint density at radius 1 is 1.24 bits per heavy atom. The molecule has 8 nitrogen and oxygen atoms in total. The predicted octanol–water partition coefficient (Wildman–Crippen LogP) is 1.35. The maximum atomic E-state index is 12.6. The molecule has 0 spiro atoms. The SMILES string of the molecule is CCN(CC)S(=O)(=O)c1ccc(N2C[C@H](C(=O)NC[C@](C)(O)CC)CC2=O)cc1. The highest BCUT2D eigenvalue weighted by atomic mass is 32.2. The summed E-state index contributed by atoms with van der Waals surface area (Å²) in [6, 6.07) is 6.16. The topological polar surface area (TPSA) is 107 Å². The molecule has 0 aliphatic carbocycles. The highest BCUT2D eigenvalue weighted by molar-refractivity contribution is 7.89. The van der Waals surface area contributed by atoms with Gasteiger partial charge in [-0.15, -0.1) is 0 Å². The first-order chi connectivity index (χ1) is 13.6. The van der Waals surface area contributed by atoms with Gasteiger partial charge in [0, 0.05) is 38.3 Å². The summed E-state index contributed by atoms with van der Waals surface area (Å²) in [4.78, 5) is 26.4. The molecular weight excluding hydrogens is 394 g/mol. The number of rotatable bonds is 9. The number of aliphatic hydroxyl groups is 1. The van der Waals surface area contributed by atoms with E-state index in [0.29, 0.717) is 25.2 Å². The Bertz CT molecular complexity index is 832. The van der Waals surface area contributed by atoms with E-state index in [1.165, 1.54) is 21.3 Å². The molecular formula is C20H31N3O5S. The van der Waals surface area contributed by atoms with Gasteiger partial charge in [0.15, 0.2) is 0 Å². The van der Waals surface area contributed by atoms with Crippen molar-refractivity contribution < 1.29 is 23.1 Å². The number of carbonyl (C=O) groups excluding carboxylic acids is 2. The fourth-order valence-electron chi connectivity index (χ4n) is 3.19. The average molecular weight is 426 g/mol. The standard InChI is InChI=1S/C20H31N3O5S/c1-5-20(4,26)14-21-19(25)15-12-18(24)23(13-15)16-8-10-17(11-9-16)29(27,28)22(6-2)7-3/h8-11,15,26H,5-7,12-14H2,1-4H3,(H,21,25)/t15-,20-/m1/s1. The normalized spacial score (nSPS) is 19.4. The van der Waals surface area contributed by atoms with E-state index in [0.717, 1.165) is 0 Å². The molecule has 1 heterocycles. The van der Waals surface area contributed by atoms with Crippen LogP contribution in [0, 0.1) is 5.92 Å². The van der Waals surface area contributed by atoms with E-state index in [1.54, 1.807) is 32.9 Å². The lowest BCUT2D eigenvalue weighted by Crippen LogP contribution is -2.43. The van der Waals surface area contributed by atoms with E-state index in [1.807, 2.05) is 6.92 Å². The van der Waals surface area contributed by atoms with Gasteiger partial charge in [-0.3, -0.25) is 9.59 Å². The minimum Gasteiger partial charge on any atom is -0.388 e. The van der Waals surface area contributed by atoms with Crippen LogP contribution in [0.2, 0.25) is 0 Å². The number of benzene rings is 1. The van der Waals surface area contributed by atoms with E-state index in [-0.39, 0.29) is 36.2 Å². The molecule has 29 heavy (non-hydrogen) atoms. The first-order valence-corrected chi connectivity index (χ1v) is 11.4. The maximum absolute atomic E-state index is 12.6. The van der Waals surface area contributed by atoms with Crippen molar-refractivity contribution in [2.45, 2.75) is 51.0 Å². The molecule has 0 aromatic heterocycles. The van der Waals surface area contributed by atoms with Crippen LogP contribution in [0.1, 0.15) is 40.5 Å². The molecule has 1 aliphatic rings. The second-order valence-corrected chi connectivity index (χ2v) is 9.49. The zero-order valence-electron chi connectivity index (χ0n) is 17.5. The largest absolute Gasteiger partial charge is 0.388 e. The molecule has 1 aromatic rings. The Kier molecular flexibility index (Phi) is 7.42. The monoisotopic (exact) mass is 425 g/mol. The van der Waals surface area contributed by atoms with Gasteiger partial charge in [-0.2, -0.15) is 4.31 Å². The lowest BCUT2D eigenvalue weighted by molar-refractivity contribution is -0.127. The minimum atomic E-state index is -3.56.